The van der Waals surface area contributed by atoms with E-state index in [1.807, 2.05) is 71.3 Å². The molecule has 1 saturated heterocycles. The molecule has 1 fully saturated rings. The molecule has 1 unspecified atom stereocenters. The van der Waals surface area contributed by atoms with Crippen molar-refractivity contribution in [3.05, 3.63) is 137 Å². The van der Waals surface area contributed by atoms with Gasteiger partial charge in [0, 0.05) is 31.7 Å². The first-order chi connectivity index (χ1) is 21.1. The minimum atomic E-state index is -0.882. The van der Waals surface area contributed by atoms with Crippen LogP contribution in [0.5, 0.6) is 0 Å². The number of nitrogens with zero attached hydrogens (tertiary/aromatic N) is 4. The minimum absolute atomic E-state index is 0.0724. The molecular weight excluding hydrogens is 536 g/mol. The topological polar surface area (TPSA) is 70.7 Å². The van der Waals surface area contributed by atoms with Gasteiger partial charge < -0.3 is 10.0 Å². The van der Waals surface area contributed by atoms with E-state index < -0.39 is 6.09 Å². The summed E-state index contributed by atoms with van der Waals surface area (Å²) in [6.45, 7) is 2.94. The van der Waals surface area contributed by atoms with Crippen molar-refractivity contribution in [3.8, 4) is 5.69 Å². The van der Waals surface area contributed by atoms with Gasteiger partial charge in [0.05, 0.1) is 16.7 Å². The Balaban J connectivity index is 1.22. The lowest BCUT2D eigenvalue weighted by molar-refractivity contribution is 0.0852. The number of benzene rings is 4. The van der Waals surface area contributed by atoms with Gasteiger partial charge in [0.15, 0.2) is 0 Å². The van der Waals surface area contributed by atoms with E-state index in [1.165, 1.54) is 11.1 Å². The first-order valence-electron chi connectivity index (χ1n) is 15.2. The van der Waals surface area contributed by atoms with Gasteiger partial charge in [0.2, 0.25) is 0 Å². The van der Waals surface area contributed by atoms with Crippen LogP contribution in [0.3, 0.4) is 0 Å². The first kappa shape index (κ1) is 28.5. The van der Waals surface area contributed by atoms with Gasteiger partial charge in [-0.3, -0.25) is 14.0 Å². The van der Waals surface area contributed by atoms with E-state index in [0.29, 0.717) is 19.4 Å². The molecule has 4 aromatic carbocycles. The van der Waals surface area contributed by atoms with Crippen LogP contribution in [-0.2, 0) is 13.1 Å². The molecule has 1 aliphatic heterocycles. The van der Waals surface area contributed by atoms with E-state index >= 15 is 0 Å². The summed E-state index contributed by atoms with van der Waals surface area (Å²) in [7, 11) is 0. The lowest BCUT2D eigenvalue weighted by atomic mass is 9.93. The van der Waals surface area contributed by atoms with Gasteiger partial charge >= 0.3 is 11.8 Å². The molecule has 6 rings (SSSR count). The number of hydrogen-bond acceptors (Lipinski definition) is 3. The smallest absolute Gasteiger partial charge is 0.407 e. The Hall–Kier alpha value is -4.62. The van der Waals surface area contributed by atoms with Crippen molar-refractivity contribution >= 4 is 17.1 Å². The third-order valence-corrected chi connectivity index (χ3v) is 8.60. The number of hydrogen-bond donors (Lipinski definition) is 1. The van der Waals surface area contributed by atoms with Crippen LogP contribution in [0.15, 0.2) is 120 Å². The Bertz CT molecular complexity index is 1660. The van der Waals surface area contributed by atoms with Gasteiger partial charge in [0.25, 0.3) is 0 Å². The molecule has 1 N–H and O–H groups in total. The van der Waals surface area contributed by atoms with Crippen LogP contribution in [-0.4, -0.2) is 49.3 Å². The summed E-state index contributed by atoms with van der Waals surface area (Å²) in [5.41, 5.74) is 5.04. The molecule has 0 bridgehead atoms. The summed E-state index contributed by atoms with van der Waals surface area (Å²) >= 11 is 0. The number of para-hydroxylation sites is 3. The molecule has 0 radical (unpaired) electrons. The summed E-state index contributed by atoms with van der Waals surface area (Å²) in [6.07, 6.45) is 1.95. The molecule has 1 aromatic heterocycles. The summed E-state index contributed by atoms with van der Waals surface area (Å²) in [5.74, 6) is 0. The molecule has 1 aliphatic rings. The number of carboxylic acid groups (broad SMARTS) is 1. The van der Waals surface area contributed by atoms with E-state index in [9.17, 15) is 14.7 Å². The molecule has 5 aromatic rings. The van der Waals surface area contributed by atoms with Crippen LogP contribution in [0.4, 0.5) is 4.79 Å². The molecule has 220 valence electrons. The Labute approximate surface area is 252 Å². The van der Waals surface area contributed by atoms with Gasteiger partial charge in [-0.05, 0) is 67.6 Å². The third-order valence-electron chi connectivity index (χ3n) is 8.60. The van der Waals surface area contributed by atoms with Gasteiger partial charge in [-0.25, -0.2) is 9.59 Å². The molecule has 2 atom stereocenters. The molecule has 1 amide bonds. The summed E-state index contributed by atoms with van der Waals surface area (Å²) in [4.78, 5) is 30.3. The Morgan fingerprint density at radius 2 is 1.33 bits per heavy atom. The highest BCUT2D eigenvalue weighted by Gasteiger charge is 2.34. The highest BCUT2D eigenvalue weighted by molar-refractivity contribution is 5.78. The quantitative estimate of drug-likeness (QED) is 0.196. The van der Waals surface area contributed by atoms with Crippen molar-refractivity contribution in [2.24, 2.45) is 0 Å². The summed E-state index contributed by atoms with van der Waals surface area (Å²) in [6, 6.07) is 38.3. The zero-order valence-corrected chi connectivity index (χ0v) is 24.3. The molecule has 7 heteroatoms. The zero-order chi connectivity index (χ0) is 29.6. The predicted molar refractivity (Wildman–Crippen MR) is 171 cm³/mol. The van der Waals surface area contributed by atoms with Crippen LogP contribution in [0.25, 0.3) is 16.7 Å². The van der Waals surface area contributed by atoms with E-state index in [1.54, 1.807) is 9.47 Å². The van der Waals surface area contributed by atoms with Crippen LogP contribution in [0.1, 0.15) is 42.9 Å². The normalized spacial score (nSPS) is 17.0. The standard InChI is InChI=1S/C36H38N4O3/c41-35-39(30-17-8-3-9-18-30)33-20-10-11-21-34(33)40(35)32-22-24-38(36(42)43)31(25-32)19-12-23-37(26-28-13-4-1-5-14-28)27-29-15-6-2-7-16-29/h1-11,13-18,20-21,31-32H,12,19,22-27H2,(H,42,43)/t31-,32?/m0/s1. The van der Waals surface area contributed by atoms with Crippen molar-refractivity contribution in [2.45, 2.75) is 50.9 Å². The summed E-state index contributed by atoms with van der Waals surface area (Å²) < 4.78 is 3.69. The molecule has 0 saturated carbocycles. The number of carbonyl (C=O) groups is 1. The third kappa shape index (κ3) is 6.42. The van der Waals surface area contributed by atoms with Crippen molar-refractivity contribution in [1.29, 1.82) is 0 Å². The predicted octanol–water partition coefficient (Wildman–Crippen LogP) is 6.96. The SMILES string of the molecule is O=C(O)N1CCC(n2c(=O)n(-c3ccccc3)c3ccccc32)C[C@@H]1CCCN(Cc1ccccc1)Cc1ccccc1. The largest absolute Gasteiger partial charge is 0.465 e. The maximum atomic E-state index is 14.0. The van der Waals surface area contributed by atoms with Crippen LogP contribution >= 0.6 is 0 Å². The molecular formula is C36H38N4O3. The lowest BCUT2D eigenvalue weighted by Crippen LogP contribution is -2.47. The van der Waals surface area contributed by atoms with Crippen molar-refractivity contribution < 1.29 is 9.90 Å². The Morgan fingerprint density at radius 3 is 1.93 bits per heavy atom. The Morgan fingerprint density at radius 1 is 0.767 bits per heavy atom. The van der Waals surface area contributed by atoms with E-state index in [4.69, 9.17) is 0 Å². The maximum Gasteiger partial charge on any atom is 0.407 e. The highest BCUT2D eigenvalue weighted by atomic mass is 16.4. The molecule has 7 nitrogen and oxygen atoms in total. The molecule has 2 heterocycles. The number of amides is 1. The number of likely N-dealkylation sites (tertiary alicyclic amines) is 1. The van der Waals surface area contributed by atoms with Gasteiger partial charge in [-0.15, -0.1) is 0 Å². The second kappa shape index (κ2) is 13.1. The van der Waals surface area contributed by atoms with E-state index in [2.05, 4.69) is 53.4 Å². The molecule has 0 aliphatic carbocycles. The van der Waals surface area contributed by atoms with Gasteiger partial charge in [0.1, 0.15) is 0 Å². The van der Waals surface area contributed by atoms with Crippen molar-refractivity contribution in [3.63, 3.8) is 0 Å². The van der Waals surface area contributed by atoms with E-state index in [-0.39, 0.29) is 17.8 Å². The number of fused-ring (bicyclic) bond motifs is 1. The first-order valence-corrected chi connectivity index (χ1v) is 15.2. The molecule has 43 heavy (non-hydrogen) atoms. The average Bonchev–Trinajstić information content (AvgIpc) is 3.33. The fourth-order valence-electron chi connectivity index (χ4n) is 6.59. The number of aromatic nitrogens is 2. The summed E-state index contributed by atoms with van der Waals surface area (Å²) in [5, 5.41) is 10.1. The average molecular weight is 575 g/mol. The maximum absolute atomic E-state index is 14.0. The van der Waals surface area contributed by atoms with Gasteiger partial charge in [-0.2, -0.15) is 0 Å². The van der Waals surface area contributed by atoms with Gasteiger partial charge in [-0.1, -0.05) is 91.0 Å². The molecule has 0 spiro atoms. The van der Waals surface area contributed by atoms with Crippen molar-refractivity contribution in [2.75, 3.05) is 13.1 Å². The van der Waals surface area contributed by atoms with Crippen LogP contribution < -0.4 is 5.69 Å². The number of rotatable bonds is 10. The second-order valence-electron chi connectivity index (χ2n) is 11.4. The number of piperidine rings is 1. The number of imidazole rings is 1. The highest BCUT2D eigenvalue weighted by Crippen LogP contribution is 2.32. The van der Waals surface area contributed by atoms with Crippen molar-refractivity contribution in [1.82, 2.24) is 18.9 Å². The monoisotopic (exact) mass is 574 g/mol. The zero-order valence-electron chi connectivity index (χ0n) is 24.3. The second-order valence-corrected chi connectivity index (χ2v) is 11.4. The van der Waals surface area contributed by atoms with Crippen LogP contribution in [0, 0.1) is 0 Å². The fourth-order valence-corrected chi connectivity index (χ4v) is 6.59. The fraction of sp³-hybridized carbons (Fsp3) is 0.278. The Kier molecular flexibility index (Phi) is 8.70. The lowest BCUT2D eigenvalue weighted by Gasteiger charge is -2.38. The van der Waals surface area contributed by atoms with Crippen LogP contribution in [0.2, 0.25) is 0 Å². The minimum Gasteiger partial charge on any atom is -0.465 e. The van der Waals surface area contributed by atoms with E-state index in [0.717, 1.165) is 49.2 Å².